The lowest BCUT2D eigenvalue weighted by Crippen LogP contribution is -2.26. The average molecular weight is 357 g/mol. The number of halogens is 1. The molecule has 2 atom stereocenters. The summed E-state index contributed by atoms with van der Waals surface area (Å²) < 4.78 is 5.95. The number of rotatable bonds is 9. The van der Waals surface area contributed by atoms with E-state index in [2.05, 4.69) is 18.7 Å². The third-order valence-electron chi connectivity index (χ3n) is 4.29. The number of carbonyl (C=O) groups excluding carboxylic acids is 1. The predicted molar refractivity (Wildman–Crippen MR) is 105 cm³/mol. The standard InChI is InChI=1S/C22H25ClO2/c1-4-17-6-10-19(11-7-17)21(22(25-5-2)14-16(3)24)15-18-8-12-20(23)13-9-18/h4,6-13,21-22H,1,5,14-15H2,2-3H3/t21?,22-/m1/s1. The van der Waals surface area contributed by atoms with Gasteiger partial charge in [-0.2, -0.15) is 0 Å². The Hall–Kier alpha value is -1.90. The molecule has 2 aromatic carbocycles. The molecule has 2 nitrogen and oxygen atoms in total. The van der Waals surface area contributed by atoms with Crippen molar-refractivity contribution in [3.63, 3.8) is 0 Å². The Bertz CT molecular complexity index is 689. The van der Waals surface area contributed by atoms with Gasteiger partial charge in [0.05, 0.1) is 6.10 Å². The maximum absolute atomic E-state index is 11.8. The van der Waals surface area contributed by atoms with Gasteiger partial charge in [0.25, 0.3) is 0 Å². The molecule has 0 bridgehead atoms. The van der Waals surface area contributed by atoms with Crippen molar-refractivity contribution in [1.29, 1.82) is 0 Å². The fourth-order valence-corrected chi connectivity index (χ4v) is 3.16. The van der Waals surface area contributed by atoms with Crippen molar-refractivity contribution in [3.8, 4) is 0 Å². The smallest absolute Gasteiger partial charge is 0.132 e. The molecule has 0 radical (unpaired) electrons. The molecule has 1 unspecified atom stereocenters. The molecule has 0 aliphatic rings. The maximum atomic E-state index is 11.8. The molecule has 25 heavy (non-hydrogen) atoms. The minimum Gasteiger partial charge on any atom is -0.377 e. The molecule has 0 aromatic heterocycles. The van der Waals surface area contributed by atoms with Gasteiger partial charge in [0.1, 0.15) is 5.78 Å². The van der Waals surface area contributed by atoms with E-state index >= 15 is 0 Å². The van der Waals surface area contributed by atoms with Gasteiger partial charge in [-0.15, -0.1) is 0 Å². The fourth-order valence-electron chi connectivity index (χ4n) is 3.03. The SMILES string of the molecule is C=Cc1ccc(C(Cc2ccc(Cl)cc2)[C@@H](CC(C)=O)OCC)cc1. The van der Waals surface area contributed by atoms with Crippen molar-refractivity contribution < 1.29 is 9.53 Å². The number of benzene rings is 2. The average Bonchev–Trinajstić information content (AvgIpc) is 2.61. The Morgan fingerprint density at radius 3 is 2.32 bits per heavy atom. The Balaban J connectivity index is 2.34. The van der Waals surface area contributed by atoms with E-state index in [1.165, 1.54) is 11.1 Å². The highest BCUT2D eigenvalue weighted by Crippen LogP contribution is 2.29. The van der Waals surface area contributed by atoms with Crippen molar-refractivity contribution in [2.75, 3.05) is 6.61 Å². The van der Waals surface area contributed by atoms with Crippen LogP contribution in [0.2, 0.25) is 5.02 Å². The van der Waals surface area contributed by atoms with Crippen LogP contribution in [0.1, 0.15) is 42.9 Å². The van der Waals surface area contributed by atoms with Crippen molar-refractivity contribution in [1.82, 2.24) is 0 Å². The van der Waals surface area contributed by atoms with Crippen LogP contribution in [-0.2, 0) is 16.0 Å². The lowest BCUT2D eigenvalue weighted by molar-refractivity contribution is -0.120. The van der Waals surface area contributed by atoms with Gasteiger partial charge in [-0.25, -0.2) is 0 Å². The molecule has 0 saturated heterocycles. The minimum atomic E-state index is -0.146. The second-order valence-electron chi connectivity index (χ2n) is 6.21. The Morgan fingerprint density at radius 2 is 1.80 bits per heavy atom. The largest absolute Gasteiger partial charge is 0.377 e. The van der Waals surface area contributed by atoms with Crippen LogP contribution in [0.5, 0.6) is 0 Å². The molecule has 0 saturated carbocycles. The quantitative estimate of drug-likeness (QED) is 0.576. The summed E-state index contributed by atoms with van der Waals surface area (Å²) in [4.78, 5) is 11.8. The van der Waals surface area contributed by atoms with Gasteiger partial charge in [0, 0.05) is 24.0 Å². The summed E-state index contributed by atoms with van der Waals surface area (Å²) >= 11 is 6.00. The van der Waals surface area contributed by atoms with Crippen LogP contribution in [0.4, 0.5) is 0 Å². The summed E-state index contributed by atoms with van der Waals surface area (Å²) in [5, 5.41) is 0.723. The maximum Gasteiger partial charge on any atom is 0.132 e. The first kappa shape index (κ1) is 19.4. The van der Waals surface area contributed by atoms with E-state index in [4.69, 9.17) is 16.3 Å². The Morgan fingerprint density at radius 1 is 1.16 bits per heavy atom. The molecule has 0 aliphatic heterocycles. The third kappa shape index (κ3) is 5.84. The molecular formula is C22H25ClO2. The van der Waals surface area contributed by atoms with Crippen molar-refractivity contribution >= 4 is 23.5 Å². The van der Waals surface area contributed by atoms with Crippen LogP contribution in [0.3, 0.4) is 0 Å². The van der Waals surface area contributed by atoms with Crippen LogP contribution in [0.15, 0.2) is 55.1 Å². The first-order valence-electron chi connectivity index (χ1n) is 8.61. The van der Waals surface area contributed by atoms with Crippen molar-refractivity contribution in [2.24, 2.45) is 0 Å². The highest BCUT2D eigenvalue weighted by Gasteiger charge is 2.25. The molecule has 0 amide bonds. The number of carbonyl (C=O) groups is 1. The summed E-state index contributed by atoms with van der Waals surface area (Å²) in [6, 6.07) is 16.2. The van der Waals surface area contributed by atoms with Gasteiger partial charge in [-0.05, 0) is 49.1 Å². The Kier molecular flexibility index (Phi) is 7.42. The van der Waals surface area contributed by atoms with Gasteiger partial charge in [-0.1, -0.05) is 60.7 Å². The zero-order valence-corrected chi connectivity index (χ0v) is 15.6. The van der Waals surface area contributed by atoms with Crippen molar-refractivity contribution in [2.45, 2.75) is 38.7 Å². The fraction of sp³-hybridized carbons (Fsp3) is 0.318. The Labute approximate surface area is 155 Å². The third-order valence-corrected chi connectivity index (χ3v) is 4.54. The minimum absolute atomic E-state index is 0.101. The van der Waals surface area contributed by atoms with Gasteiger partial charge >= 0.3 is 0 Å². The summed E-state index contributed by atoms with van der Waals surface area (Å²) in [7, 11) is 0. The van der Waals surface area contributed by atoms with E-state index < -0.39 is 0 Å². The topological polar surface area (TPSA) is 26.3 Å². The monoisotopic (exact) mass is 356 g/mol. The molecular weight excluding hydrogens is 332 g/mol. The van der Waals surface area contributed by atoms with Gasteiger partial charge < -0.3 is 4.74 Å². The lowest BCUT2D eigenvalue weighted by atomic mass is 9.85. The van der Waals surface area contributed by atoms with E-state index in [1.54, 1.807) is 6.92 Å². The second-order valence-corrected chi connectivity index (χ2v) is 6.64. The van der Waals surface area contributed by atoms with Crippen LogP contribution < -0.4 is 0 Å². The lowest BCUT2D eigenvalue weighted by Gasteiger charge is -2.27. The van der Waals surface area contributed by atoms with E-state index in [-0.39, 0.29) is 17.8 Å². The number of ether oxygens (including phenoxy) is 1. The zero-order valence-electron chi connectivity index (χ0n) is 14.9. The summed E-state index contributed by atoms with van der Waals surface area (Å²) in [5.74, 6) is 0.242. The van der Waals surface area contributed by atoms with E-state index in [0.29, 0.717) is 13.0 Å². The molecule has 132 valence electrons. The number of hydrogen-bond donors (Lipinski definition) is 0. The molecule has 3 heteroatoms. The zero-order chi connectivity index (χ0) is 18.2. The van der Waals surface area contributed by atoms with E-state index in [1.807, 2.05) is 49.4 Å². The number of Topliss-reactive ketones (excluding diaryl/α,β-unsaturated/α-hetero) is 1. The van der Waals surface area contributed by atoms with Crippen LogP contribution in [0, 0.1) is 0 Å². The molecule has 0 spiro atoms. The molecule has 0 heterocycles. The van der Waals surface area contributed by atoms with Gasteiger partial charge in [0.2, 0.25) is 0 Å². The van der Waals surface area contributed by atoms with Gasteiger partial charge in [-0.3, -0.25) is 4.79 Å². The second kappa shape index (κ2) is 9.55. The van der Waals surface area contributed by atoms with Crippen LogP contribution in [0.25, 0.3) is 6.08 Å². The van der Waals surface area contributed by atoms with Gasteiger partial charge in [0.15, 0.2) is 0 Å². The van der Waals surface area contributed by atoms with E-state index in [0.717, 1.165) is 17.0 Å². The first-order chi connectivity index (χ1) is 12.0. The summed E-state index contributed by atoms with van der Waals surface area (Å²) in [6.45, 7) is 7.97. The highest BCUT2D eigenvalue weighted by molar-refractivity contribution is 6.30. The van der Waals surface area contributed by atoms with Crippen LogP contribution >= 0.6 is 11.6 Å². The summed E-state index contributed by atoms with van der Waals surface area (Å²) in [6.07, 6.45) is 2.89. The summed E-state index contributed by atoms with van der Waals surface area (Å²) in [5.41, 5.74) is 3.42. The van der Waals surface area contributed by atoms with E-state index in [9.17, 15) is 4.79 Å². The molecule has 2 rings (SSSR count). The molecule has 0 N–H and O–H groups in total. The highest BCUT2D eigenvalue weighted by atomic mass is 35.5. The van der Waals surface area contributed by atoms with Crippen LogP contribution in [-0.4, -0.2) is 18.5 Å². The number of ketones is 1. The predicted octanol–water partition coefficient (Wildman–Crippen LogP) is 5.69. The van der Waals surface area contributed by atoms with Crippen molar-refractivity contribution in [3.05, 3.63) is 76.8 Å². The molecule has 0 fully saturated rings. The molecule has 0 aliphatic carbocycles. The normalized spacial score (nSPS) is 13.2. The first-order valence-corrected chi connectivity index (χ1v) is 8.99. The number of hydrogen-bond acceptors (Lipinski definition) is 2. The molecule has 2 aromatic rings.